The number of hydrogen-bond acceptors (Lipinski definition) is 0. The van der Waals surface area contributed by atoms with E-state index in [1.165, 1.54) is 113 Å². The molecule has 3 aliphatic carbocycles. The van der Waals surface area contributed by atoms with Gasteiger partial charge in [0.15, 0.2) is 0 Å². The highest BCUT2D eigenvalue weighted by atomic mass is 14.3. The molecule has 1 aromatic carbocycles. The molecule has 0 spiro atoms. The molecular formula is C49H70. The molecule has 0 amide bonds. The fourth-order valence-electron chi connectivity index (χ4n) is 8.43. The monoisotopic (exact) mass is 659 g/mol. The molecule has 2 saturated carbocycles. The van der Waals surface area contributed by atoms with Gasteiger partial charge >= 0.3 is 0 Å². The van der Waals surface area contributed by atoms with E-state index >= 15 is 0 Å². The first-order valence-electron chi connectivity index (χ1n) is 19.9. The van der Waals surface area contributed by atoms with Gasteiger partial charge in [0.2, 0.25) is 0 Å². The van der Waals surface area contributed by atoms with E-state index in [2.05, 4.69) is 136 Å². The average Bonchev–Trinajstić information content (AvgIpc) is 3.31. The Bertz CT molecular complexity index is 1480. The molecule has 0 heteroatoms. The van der Waals surface area contributed by atoms with Crippen LogP contribution in [0.25, 0.3) is 5.57 Å². The number of hydrogen-bond donors (Lipinski definition) is 0. The molecule has 4 rings (SSSR count). The van der Waals surface area contributed by atoms with Crippen molar-refractivity contribution in [3.63, 3.8) is 0 Å². The van der Waals surface area contributed by atoms with Crippen molar-refractivity contribution >= 4 is 5.57 Å². The molecule has 0 aliphatic heterocycles. The van der Waals surface area contributed by atoms with E-state index < -0.39 is 0 Å². The molecule has 266 valence electrons. The molecule has 0 nitrogen and oxygen atoms in total. The summed E-state index contributed by atoms with van der Waals surface area (Å²) < 4.78 is 0. The summed E-state index contributed by atoms with van der Waals surface area (Å²) in [4.78, 5) is 0. The molecule has 4 unspecified atom stereocenters. The lowest BCUT2D eigenvalue weighted by atomic mass is 9.69. The van der Waals surface area contributed by atoms with Gasteiger partial charge in [-0.3, -0.25) is 0 Å². The summed E-state index contributed by atoms with van der Waals surface area (Å²) in [6, 6.07) is 9.59. The quantitative estimate of drug-likeness (QED) is 0.164. The van der Waals surface area contributed by atoms with Gasteiger partial charge in [-0.1, -0.05) is 158 Å². The molecule has 5 atom stereocenters. The van der Waals surface area contributed by atoms with Crippen molar-refractivity contribution < 1.29 is 0 Å². The van der Waals surface area contributed by atoms with Crippen molar-refractivity contribution in [1.29, 1.82) is 0 Å². The fraction of sp³-hybridized carbons (Fsp3) is 0.551. The van der Waals surface area contributed by atoms with Crippen LogP contribution in [0.4, 0.5) is 0 Å². The summed E-state index contributed by atoms with van der Waals surface area (Å²) in [6.45, 7) is 29.7. The van der Waals surface area contributed by atoms with E-state index in [-0.39, 0.29) is 0 Å². The SMILES string of the molecule is C=C1CCC(C(C)(C)C)C/C1=C/C(/C=C(C)/C(=C/C)C[C@H](CCC1CCCC(CC)CC1)c1ccc(C2=CC(C)C(=C)C=C2)cc1)=C(C)C. The minimum absolute atomic E-state index is 0.327. The van der Waals surface area contributed by atoms with Crippen LogP contribution in [0.3, 0.4) is 0 Å². The first kappa shape index (κ1) is 38.9. The Morgan fingerprint density at radius 3 is 2.27 bits per heavy atom. The fourth-order valence-corrected chi connectivity index (χ4v) is 8.43. The zero-order valence-corrected chi connectivity index (χ0v) is 33.1. The third-order valence-corrected chi connectivity index (χ3v) is 12.5. The molecule has 3 aliphatic rings. The number of allylic oxidation sites excluding steroid dienone is 14. The lowest BCUT2D eigenvalue weighted by Gasteiger charge is -2.36. The molecule has 1 aromatic rings. The van der Waals surface area contributed by atoms with E-state index in [1.54, 1.807) is 0 Å². The standard InChI is InChI=1S/C49H70/c1-12-39-15-14-16-40(20-19-39)21-23-45(43-26-24-42(25-27-43)44-22-17-35(5)37(7)29-44)31-41(13-2)38(8)30-46(34(3)4)32-47-33-48(49(9,10)11)28-18-36(47)6/h13,17,22,24-27,29-30,32,37,39-40,45,48H,5-6,12,14-16,18-21,23,28,31,33H2,1-4,7-11H3/b38-30+,41-13+,47-32-/t37?,39?,40?,45-,48?/m0/s1. The van der Waals surface area contributed by atoms with Gasteiger partial charge in [-0.25, -0.2) is 0 Å². The van der Waals surface area contributed by atoms with Crippen molar-refractivity contribution in [3.8, 4) is 0 Å². The van der Waals surface area contributed by atoms with E-state index in [0.29, 0.717) is 23.2 Å². The molecule has 0 saturated heterocycles. The van der Waals surface area contributed by atoms with Gasteiger partial charge in [0.1, 0.15) is 0 Å². The maximum absolute atomic E-state index is 4.51. The van der Waals surface area contributed by atoms with Crippen LogP contribution in [0, 0.1) is 29.1 Å². The first-order valence-corrected chi connectivity index (χ1v) is 19.9. The molecule has 0 aromatic heterocycles. The van der Waals surface area contributed by atoms with E-state index in [1.807, 2.05) is 0 Å². The minimum Gasteiger partial charge on any atom is -0.0956 e. The van der Waals surface area contributed by atoms with Gasteiger partial charge in [0.05, 0.1) is 0 Å². The lowest BCUT2D eigenvalue weighted by molar-refractivity contribution is 0.215. The Hall–Kier alpha value is -2.86. The molecule has 49 heavy (non-hydrogen) atoms. The Kier molecular flexibility index (Phi) is 14.2. The lowest BCUT2D eigenvalue weighted by Crippen LogP contribution is -2.24. The summed E-state index contributed by atoms with van der Waals surface area (Å²) >= 11 is 0. The molecule has 0 radical (unpaired) electrons. The zero-order valence-electron chi connectivity index (χ0n) is 33.1. The highest BCUT2D eigenvalue weighted by Crippen LogP contribution is 2.43. The van der Waals surface area contributed by atoms with Gasteiger partial charge in [-0.2, -0.15) is 0 Å². The first-order chi connectivity index (χ1) is 23.3. The van der Waals surface area contributed by atoms with Crippen molar-refractivity contribution in [2.24, 2.45) is 29.1 Å². The van der Waals surface area contributed by atoms with Crippen molar-refractivity contribution in [2.75, 3.05) is 0 Å². The maximum Gasteiger partial charge on any atom is -0.000709 e. The second kappa shape index (κ2) is 17.9. The summed E-state index contributed by atoms with van der Waals surface area (Å²) in [6.07, 6.45) is 29.8. The van der Waals surface area contributed by atoms with Gasteiger partial charge < -0.3 is 0 Å². The van der Waals surface area contributed by atoms with Crippen LogP contribution < -0.4 is 0 Å². The van der Waals surface area contributed by atoms with Crippen LogP contribution >= 0.6 is 0 Å². The van der Waals surface area contributed by atoms with Crippen LogP contribution in [0.15, 0.2) is 113 Å². The van der Waals surface area contributed by atoms with Crippen molar-refractivity contribution in [2.45, 2.75) is 145 Å². The highest BCUT2D eigenvalue weighted by molar-refractivity contribution is 5.76. The zero-order chi connectivity index (χ0) is 35.7. The van der Waals surface area contributed by atoms with E-state index in [9.17, 15) is 0 Å². The molecule has 0 N–H and O–H groups in total. The highest BCUT2D eigenvalue weighted by Gasteiger charge is 2.29. The third kappa shape index (κ3) is 11.1. The summed E-state index contributed by atoms with van der Waals surface area (Å²) in [5.41, 5.74) is 14.1. The predicted octanol–water partition coefficient (Wildman–Crippen LogP) is 15.3. The van der Waals surface area contributed by atoms with Crippen molar-refractivity contribution in [3.05, 3.63) is 124 Å². The third-order valence-electron chi connectivity index (χ3n) is 12.5. The Morgan fingerprint density at radius 1 is 0.939 bits per heavy atom. The second-order valence-corrected chi connectivity index (χ2v) is 17.2. The van der Waals surface area contributed by atoms with Crippen LogP contribution in [-0.4, -0.2) is 0 Å². The van der Waals surface area contributed by atoms with Crippen LogP contribution in [0.1, 0.15) is 156 Å². The second-order valence-electron chi connectivity index (χ2n) is 17.2. The number of rotatable bonds is 11. The minimum atomic E-state index is 0.327. The Morgan fingerprint density at radius 2 is 1.63 bits per heavy atom. The predicted molar refractivity (Wildman–Crippen MR) is 219 cm³/mol. The maximum atomic E-state index is 4.51. The van der Waals surface area contributed by atoms with Crippen LogP contribution in [0.2, 0.25) is 0 Å². The Labute approximate surface area is 303 Å². The molecule has 2 fully saturated rings. The van der Waals surface area contributed by atoms with Crippen LogP contribution in [-0.2, 0) is 0 Å². The smallest absolute Gasteiger partial charge is 0.000709 e. The topological polar surface area (TPSA) is 0 Å². The largest absolute Gasteiger partial charge is 0.0956 e. The summed E-state index contributed by atoms with van der Waals surface area (Å²) in [7, 11) is 0. The van der Waals surface area contributed by atoms with Gasteiger partial charge in [-0.15, -0.1) is 0 Å². The van der Waals surface area contributed by atoms with Crippen LogP contribution in [0.5, 0.6) is 0 Å². The molecule has 0 heterocycles. The summed E-state index contributed by atoms with van der Waals surface area (Å²) in [5, 5.41) is 0. The number of benzene rings is 1. The normalized spacial score (nSPS) is 25.7. The van der Waals surface area contributed by atoms with E-state index in [4.69, 9.17) is 0 Å². The Balaban J connectivity index is 1.58. The molecule has 0 bridgehead atoms. The van der Waals surface area contributed by atoms with Crippen molar-refractivity contribution in [1.82, 2.24) is 0 Å². The molecular weight excluding hydrogens is 589 g/mol. The van der Waals surface area contributed by atoms with Gasteiger partial charge in [0, 0.05) is 0 Å². The van der Waals surface area contributed by atoms with Gasteiger partial charge in [0.25, 0.3) is 0 Å². The van der Waals surface area contributed by atoms with Gasteiger partial charge in [-0.05, 0) is 146 Å². The van der Waals surface area contributed by atoms with E-state index in [0.717, 1.165) is 31.1 Å². The average molecular weight is 659 g/mol. The summed E-state index contributed by atoms with van der Waals surface area (Å²) in [5.74, 6) is 3.44.